The van der Waals surface area contributed by atoms with Gasteiger partial charge < -0.3 is 13.9 Å². The lowest BCUT2D eigenvalue weighted by Gasteiger charge is -2.06. The summed E-state index contributed by atoms with van der Waals surface area (Å²) >= 11 is 0. The van der Waals surface area contributed by atoms with Gasteiger partial charge in [0.05, 0.1) is 0 Å². The van der Waals surface area contributed by atoms with Gasteiger partial charge in [-0.05, 0) is 24.3 Å². The maximum Gasteiger partial charge on any atom is 0.344 e. The van der Waals surface area contributed by atoms with Crippen molar-refractivity contribution >= 4 is 17.9 Å². The first-order chi connectivity index (χ1) is 12.7. The Morgan fingerprint density at radius 1 is 0.923 bits per heavy atom. The van der Waals surface area contributed by atoms with E-state index in [1.165, 1.54) is 0 Å². The molecule has 26 heavy (non-hydrogen) atoms. The highest BCUT2D eigenvalue weighted by atomic mass is 16.6. The van der Waals surface area contributed by atoms with Gasteiger partial charge >= 0.3 is 12.0 Å². The van der Waals surface area contributed by atoms with Crippen LogP contribution in [-0.2, 0) is 14.3 Å². The summed E-state index contributed by atoms with van der Waals surface area (Å²) in [7, 11) is 0. The maximum atomic E-state index is 11.8. The van der Waals surface area contributed by atoms with E-state index in [1.807, 2.05) is 24.3 Å². The van der Waals surface area contributed by atoms with Crippen molar-refractivity contribution in [2.75, 3.05) is 18.5 Å². The van der Waals surface area contributed by atoms with Gasteiger partial charge in [0, 0.05) is 5.56 Å². The molecule has 0 unspecified atom stereocenters. The quantitative estimate of drug-likeness (QED) is 0.650. The van der Waals surface area contributed by atoms with Crippen LogP contribution in [0.2, 0.25) is 0 Å². The molecule has 1 aromatic heterocycles. The highest BCUT2D eigenvalue weighted by Crippen LogP contribution is 2.18. The molecule has 0 radical (unpaired) electrons. The molecule has 0 saturated carbocycles. The number of amides is 1. The first-order valence-electron chi connectivity index (χ1n) is 7.73. The smallest absolute Gasteiger partial charge is 0.344 e. The van der Waals surface area contributed by atoms with Gasteiger partial charge in [-0.1, -0.05) is 41.5 Å². The first kappa shape index (κ1) is 17.2. The summed E-state index contributed by atoms with van der Waals surface area (Å²) in [5.74, 6) is -0.455. The number of para-hydroxylation sites is 1. The number of esters is 1. The Balaban J connectivity index is 1.43. The van der Waals surface area contributed by atoms with Gasteiger partial charge in [-0.15, -0.1) is 5.10 Å². The zero-order chi connectivity index (χ0) is 18.2. The molecule has 2 aromatic carbocycles. The zero-order valence-electron chi connectivity index (χ0n) is 13.6. The Morgan fingerprint density at radius 2 is 1.62 bits per heavy atom. The number of nitrogens with zero attached hydrogens (tertiary/aromatic N) is 2. The summed E-state index contributed by atoms with van der Waals surface area (Å²) in [6.45, 7) is -0.782. The van der Waals surface area contributed by atoms with Crippen LogP contribution in [0.4, 0.5) is 6.01 Å². The number of rotatable bonds is 7. The van der Waals surface area contributed by atoms with Crippen LogP contribution in [0.3, 0.4) is 0 Å². The molecule has 1 N–H and O–H groups in total. The summed E-state index contributed by atoms with van der Waals surface area (Å²) in [6.07, 6.45) is 0. The number of anilines is 1. The van der Waals surface area contributed by atoms with E-state index in [-0.39, 0.29) is 18.5 Å². The number of benzene rings is 2. The van der Waals surface area contributed by atoms with Gasteiger partial charge in [0.1, 0.15) is 5.75 Å². The molecule has 8 heteroatoms. The second kappa shape index (κ2) is 8.43. The lowest BCUT2D eigenvalue weighted by atomic mass is 10.2. The van der Waals surface area contributed by atoms with E-state index >= 15 is 0 Å². The summed E-state index contributed by atoms with van der Waals surface area (Å²) in [6, 6.07) is 17.8. The number of carbonyl (C=O) groups is 2. The van der Waals surface area contributed by atoms with Crippen LogP contribution in [0.15, 0.2) is 65.1 Å². The number of nitrogens with one attached hydrogen (secondary N) is 1. The van der Waals surface area contributed by atoms with Crippen LogP contribution in [0.25, 0.3) is 11.5 Å². The number of ether oxygens (including phenoxy) is 2. The van der Waals surface area contributed by atoms with Crippen LogP contribution in [0.1, 0.15) is 0 Å². The molecule has 0 aliphatic heterocycles. The summed E-state index contributed by atoms with van der Waals surface area (Å²) < 4.78 is 15.4. The SMILES string of the molecule is O=C(COC(=O)COc1ccccc1)Nc1nnc(-c2ccccc2)o1. The van der Waals surface area contributed by atoms with Gasteiger partial charge in [0.25, 0.3) is 5.91 Å². The molecule has 0 spiro atoms. The van der Waals surface area contributed by atoms with Gasteiger partial charge in [-0.3, -0.25) is 10.1 Å². The van der Waals surface area contributed by atoms with Gasteiger partial charge in [0.2, 0.25) is 5.89 Å². The molecular weight excluding hydrogens is 338 g/mol. The van der Waals surface area contributed by atoms with Gasteiger partial charge in [-0.25, -0.2) is 4.79 Å². The minimum absolute atomic E-state index is 0.0783. The van der Waals surface area contributed by atoms with Crippen molar-refractivity contribution in [3.05, 3.63) is 60.7 Å². The highest BCUT2D eigenvalue weighted by Gasteiger charge is 2.13. The normalized spacial score (nSPS) is 10.2. The van der Waals surface area contributed by atoms with E-state index in [4.69, 9.17) is 13.9 Å². The molecule has 3 rings (SSSR count). The average Bonchev–Trinajstić information content (AvgIpc) is 3.15. The van der Waals surface area contributed by atoms with Crippen LogP contribution in [-0.4, -0.2) is 35.3 Å². The van der Waals surface area contributed by atoms with Crippen molar-refractivity contribution in [3.8, 4) is 17.2 Å². The second-order valence-corrected chi connectivity index (χ2v) is 5.09. The molecule has 0 aliphatic carbocycles. The minimum atomic E-state index is -0.667. The van der Waals surface area contributed by atoms with E-state index in [9.17, 15) is 9.59 Å². The minimum Gasteiger partial charge on any atom is -0.482 e. The molecule has 0 saturated heterocycles. The van der Waals surface area contributed by atoms with E-state index in [0.29, 0.717) is 5.75 Å². The van der Waals surface area contributed by atoms with Crippen molar-refractivity contribution < 1.29 is 23.5 Å². The Labute approximate surface area is 148 Å². The Bertz CT molecular complexity index is 865. The zero-order valence-corrected chi connectivity index (χ0v) is 13.6. The third kappa shape index (κ3) is 4.91. The monoisotopic (exact) mass is 353 g/mol. The Hall–Kier alpha value is -3.68. The average molecular weight is 353 g/mol. The predicted molar refractivity (Wildman–Crippen MR) is 91.3 cm³/mol. The van der Waals surface area contributed by atoms with Crippen LogP contribution >= 0.6 is 0 Å². The van der Waals surface area contributed by atoms with Crippen molar-refractivity contribution in [3.63, 3.8) is 0 Å². The number of hydrogen-bond donors (Lipinski definition) is 1. The number of carbonyl (C=O) groups excluding carboxylic acids is 2. The lowest BCUT2D eigenvalue weighted by Crippen LogP contribution is -2.23. The Kier molecular flexibility index (Phi) is 5.56. The fraction of sp³-hybridized carbons (Fsp3) is 0.111. The standard InChI is InChI=1S/C18H15N3O5/c22-15(11-25-16(23)12-24-14-9-5-2-6-10-14)19-18-21-20-17(26-18)13-7-3-1-4-8-13/h1-10H,11-12H2,(H,19,21,22). The van der Waals surface area contributed by atoms with Crippen LogP contribution in [0, 0.1) is 0 Å². The molecule has 8 nitrogen and oxygen atoms in total. The van der Waals surface area contributed by atoms with E-state index in [1.54, 1.807) is 36.4 Å². The molecule has 3 aromatic rings. The van der Waals surface area contributed by atoms with E-state index in [2.05, 4.69) is 15.5 Å². The van der Waals surface area contributed by atoms with Crippen LogP contribution in [0.5, 0.6) is 5.75 Å². The molecular formula is C18H15N3O5. The lowest BCUT2D eigenvalue weighted by molar-refractivity contribution is -0.149. The van der Waals surface area contributed by atoms with Gasteiger partial charge in [-0.2, -0.15) is 0 Å². The summed E-state index contributed by atoms with van der Waals surface area (Å²) in [5.41, 5.74) is 0.727. The molecule has 0 aliphatic rings. The molecule has 0 fully saturated rings. The maximum absolute atomic E-state index is 11.8. The van der Waals surface area contributed by atoms with Crippen LogP contribution < -0.4 is 10.1 Å². The predicted octanol–water partition coefficient (Wildman–Crippen LogP) is 2.30. The largest absolute Gasteiger partial charge is 0.482 e. The second-order valence-electron chi connectivity index (χ2n) is 5.09. The van der Waals surface area contributed by atoms with E-state index in [0.717, 1.165) is 5.56 Å². The summed E-state index contributed by atoms with van der Waals surface area (Å²) in [5, 5.41) is 9.92. The van der Waals surface area contributed by atoms with Crippen molar-refractivity contribution in [2.45, 2.75) is 0 Å². The summed E-state index contributed by atoms with van der Waals surface area (Å²) in [4.78, 5) is 23.4. The van der Waals surface area contributed by atoms with Crippen molar-refractivity contribution in [1.82, 2.24) is 10.2 Å². The third-order valence-corrected chi connectivity index (χ3v) is 3.16. The molecule has 1 heterocycles. The highest BCUT2D eigenvalue weighted by molar-refractivity contribution is 5.91. The molecule has 0 bridgehead atoms. The molecule has 1 amide bonds. The number of aromatic nitrogens is 2. The van der Waals surface area contributed by atoms with E-state index < -0.39 is 18.5 Å². The third-order valence-electron chi connectivity index (χ3n) is 3.16. The molecule has 0 atom stereocenters. The topological polar surface area (TPSA) is 104 Å². The van der Waals surface area contributed by atoms with Crippen molar-refractivity contribution in [2.24, 2.45) is 0 Å². The van der Waals surface area contributed by atoms with Crippen molar-refractivity contribution in [1.29, 1.82) is 0 Å². The first-order valence-corrected chi connectivity index (χ1v) is 7.73. The number of hydrogen-bond acceptors (Lipinski definition) is 7. The Morgan fingerprint density at radius 3 is 2.35 bits per heavy atom. The fourth-order valence-electron chi connectivity index (χ4n) is 1.97. The fourth-order valence-corrected chi connectivity index (χ4v) is 1.97. The van der Waals surface area contributed by atoms with Gasteiger partial charge in [0.15, 0.2) is 13.2 Å². The molecule has 132 valence electrons.